The molecule has 2 aromatic carbocycles. The number of fused-ring (bicyclic) bond motifs is 3. The number of aromatic nitrogens is 5. The maximum atomic E-state index is 14.1. The van der Waals surface area contributed by atoms with Crippen LogP contribution in [0.1, 0.15) is 11.4 Å². The summed E-state index contributed by atoms with van der Waals surface area (Å²) in [6, 6.07) is 16.5. The van der Waals surface area contributed by atoms with E-state index in [9.17, 15) is 13.2 Å². The molecule has 0 amide bonds. The monoisotopic (exact) mass is 439 g/mol. The molecule has 0 atom stereocenters. The van der Waals surface area contributed by atoms with Crippen LogP contribution in [0.25, 0.3) is 39.3 Å². The van der Waals surface area contributed by atoms with Crippen LogP contribution in [-0.2, 0) is 6.18 Å². The number of aryl methyl sites for hydroxylation is 1. The molecule has 31 heavy (non-hydrogen) atoms. The molecular weight excluding hydrogens is 427 g/mol. The lowest BCUT2D eigenvalue weighted by Crippen LogP contribution is -2.10. The SMILES string of the molecule is Cc1nc2nc(-c3ccccc3)cc(C(F)(F)F)c2c2nc(-c3ccc(Cl)cc3)nn12. The maximum absolute atomic E-state index is 14.1. The summed E-state index contributed by atoms with van der Waals surface area (Å²) in [5.74, 6) is 0.648. The fourth-order valence-electron chi connectivity index (χ4n) is 3.43. The number of hydrogen-bond acceptors (Lipinski definition) is 4. The van der Waals surface area contributed by atoms with E-state index >= 15 is 0 Å². The van der Waals surface area contributed by atoms with Crippen LogP contribution in [0.4, 0.5) is 13.2 Å². The molecule has 0 radical (unpaired) electrons. The largest absolute Gasteiger partial charge is 0.417 e. The van der Waals surface area contributed by atoms with Gasteiger partial charge in [0.15, 0.2) is 17.1 Å². The molecule has 9 heteroatoms. The van der Waals surface area contributed by atoms with Crippen LogP contribution in [0, 0.1) is 6.92 Å². The Hall–Kier alpha value is -3.52. The first kappa shape index (κ1) is 19.4. The summed E-state index contributed by atoms with van der Waals surface area (Å²) in [6.07, 6.45) is -4.63. The van der Waals surface area contributed by atoms with Gasteiger partial charge in [0.05, 0.1) is 16.6 Å². The van der Waals surface area contributed by atoms with E-state index in [-0.39, 0.29) is 28.2 Å². The van der Waals surface area contributed by atoms with Crippen LogP contribution >= 0.6 is 11.6 Å². The van der Waals surface area contributed by atoms with E-state index < -0.39 is 11.7 Å². The maximum Gasteiger partial charge on any atom is 0.417 e. The lowest BCUT2D eigenvalue weighted by Gasteiger charge is -2.13. The second-order valence-electron chi connectivity index (χ2n) is 6.95. The second-order valence-corrected chi connectivity index (χ2v) is 7.39. The normalized spacial score (nSPS) is 12.0. The molecule has 5 rings (SSSR count). The number of alkyl halides is 3. The molecule has 0 aliphatic rings. The molecule has 0 bridgehead atoms. The molecule has 0 N–H and O–H groups in total. The minimum atomic E-state index is -4.63. The van der Waals surface area contributed by atoms with E-state index in [4.69, 9.17) is 11.6 Å². The van der Waals surface area contributed by atoms with E-state index in [1.54, 1.807) is 61.5 Å². The summed E-state index contributed by atoms with van der Waals surface area (Å²) in [7, 11) is 0. The van der Waals surface area contributed by atoms with Crippen molar-refractivity contribution in [2.45, 2.75) is 13.1 Å². The van der Waals surface area contributed by atoms with Crippen LogP contribution in [0.3, 0.4) is 0 Å². The molecule has 0 saturated carbocycles. The number of hydrogen-bond donors (Lipinski definition) is 0. The van der Waals surface area contributed by atoms with Gasteiger partial charge in [-0.15, -0.1) is 5.10 Å². The van der Waals surface area contributed by atoms with Gasteiger partial charge in [0.25, 0.3) is 0 Å². The van der Waals surface area contributed by atoms with Crippen molar-refractivity contribution in [1.29, 1.82) is 0 Å². The van der Waals surface area contributed by atoms with E-state index in [2.05, 4.69) is 20.1 Å². The van der Waals surface area contributed by atoms with Gasteiger partial charge in [0.1, 0.15) is 5.82 Å². The van der Waals surface area contributed by atoms with Crippen molar-refractivity contribution in [2.75, 3.05) is 0 Å². The van der Waals surface area contributed by atoms with Gasteiger partial charge < -0.3 is 0 Å². The number of rotatable bonds is 2. The Kier molecular flexibility index (Phi) is 4.40. The van der Waals surface area contributed by atoms with Gasteiger partial charge in [-0.05, 0) is 37.3 Å². The molecule has 0 fully saturated rings. The van der Waals surface area contributed by atoms with Crippen molar-refractivity contribution in [2.24, 2.45) is 0 Å². The fourth-order valence-corrected chi connectivity index (χ4v) is 3.56. The Labute approximate surface area is 179 Å². The zero-order valence-corrected chi connectivity index (χ0v) is 16.8. The van der Waals surface area contributed by atoms with Crippen molar-refractivity contribution in [3.63, 3.8) is 0 Å². The Morgan fingerprint density at radius 3 is 2.26 bits per heavy atom. The van der Waals surface area contributed by atoms with Crippen LogP contribution in [0.2, 0.25) is 5.02 Å². The average Bonchev–Trinajstić information content (AvgIpc) is 3.19. The molecule has 5 nitrogen and oxygen atoms in total. The molecule has 5 aromatic rings. The highest BCUT2D eigenvalue weighted by Crippen LogP contribution is 2.38. The zero-order valence-electron chi connectivity index (χ0n) is 16.0. The highest BCUT2D eigenvalue weighted by molar-refractivity contribution is 6.30. The van der Waals surface area contributed by atoms with E-state index in [0.717, 1.165) is 6.07 Å². The molecule has 154 valence electrons. The first-order valence-corrected chi connectivity index (χ1v) is 9.66. The average molecular weight is 440 g/mol. The molecule has 3 heterocycles. The zero-order chi connectivity index (χ0) is 21.8. The van der Waals surface area contributed by atoms with E-state index in [1.165, 1.54) is 4.52 Å². The van der Waals surface area contributed by atoms with Crippen molar-refractivity contribution in [3.05, 3.63) is 77.1 Å². The first-order valence-electron chi connectivity index (χ1n) is 9.28. The summed E-state index contributed by atoms with van der Waals surface area (Å²) >= 11 is 5.93. The summed E-state index contributed by atoms with van der Waals surface area (Å²) < 4.78 is 43.6. The molecule has 3 aromatic heterocycles. The summed E-state index contributed by atoms with van der Waals surface area (Å²) in [6.45, 7) is 1.65. The topological polar surface area (TPSA) is 56.0 Å². The third-order valence-electron chi connectivity index (χ3n) is 4.88. The number of pyridine rings is 1. The van der Waals surface area contributed by atoms with E-state index in [0.29, 0.717) is 22.0 Å². The van der Waals surface area contributed by atoms with Gasteiger partial charge >= 0.3 is 6.18 Å². The second kappa shape index (κ2) is 7.02. The van der Waals surface area contributed by atoms with Crippen LogP contribution < -0.4 is 0 Å². The minimum Gasteiger partial charge on any atom is -0.228 e. The lowest BCUT2D eigenvalue weighted by atomic mass is 10.1. The van der Waals surface area contributed by atoms with E-state index in [1.807, 2.05) is 0 Å². The predicted molar refractivity (Wildman–Crippen MR) is 112 cm³/mol. The summed E-state index contributed by atoms with van der Waals surface area (Å²) in [5.41, 5.74) is 0.541. The van der Waals surface area contributed by atoms with Gasteiger partial charge in [-0.2, -0.15) is 17.7 Å². The molecule has 0 spiro atoms. The van der Waals surface area contributed by atoms with Crippen LogP contribution in [0.5, 0.6) is 0 Å². The highest BCUT2D eigenvalue weighted by Gasteiger charge is 2.35. The van der Waals surface area contributed by atoms with Crippen molar-refractivity contribution in [1.82, 2.24) is 24.6 Å². The van der Waals surface area contributed by atoms with Gasteiger partial charge in [-0.25, -0.2) is 15.0 Å². The molecule has 0 aliphatic heterocycles. The standard InChI is InChI=1S/C22H13ClF3N5/c1-12-27-20-18(21-29-19(30-31(12)21)14-7-9-15(23)10-8-14)16(22(24,25)26)11-17(28-20)13-5-3-2-4-6-13/h2-11H,1H3. The Balaban J connectivity index is 1.84. The quantitative estimate of drug-likeness (QED) is 0.339. The Bertz CT molecular complexity index is 1430. The van der Waals surface area contributed by atoms with Gasteiger partial charge in [-0.3, -0.25) is 0 Å². The Morgan fingerprint density at radius 2 is 1.58 bits per heavy atom. The fraction of sp³-hybridized carbons (Fsp3) is 0.0909. The van der Waals surface area contributed by atoms with Gasteiger partial charge in [0.2, 0.25) is 0 Å². The van der Waals surface area contributed by atoms with Crippen LogP contribution in [0.15, 0.2) is 60.7 Å². The van der Waals surface area contributed by atoms with Crippen LogP contribution in [-0.4, -0.2) is 24.6 Å². The van der Waals surface area contributed by atoms with Gasteiger partial charge in [-0.1, -0.05) is 41.9 Å². The number of nitrogens with zero attached hydrogens (tertiary/aromatic N) is 5. The summed E-state index contributed by atoms with van der Waals surface area (Å²) in [4.78, 5) is 13.1. The molecule has 0 aliphatic carbocycles. The third kappa shape index (κ3) is 3.38. The summed E-state index contributed by atoms with van der Waals surface area (Å²) in [5, 5.41) is 4.72. The highest BCUT2D eigenvalue weighted by atomic mass is 35.5. The molecule has 0 unspecified atom stereocenters. The van der Waals surface area contributed by atoms with Gasteiger partial charge in [0, 0.05) is 16.1 Å². The van der Waals surface area contributed by atoms with Crippen molar-refractivity contribution >= 4 is 28.3 Å². The third-order valence-corrected chi connectivity index (χ3v) is 5.13. The smallest absolute Gasteiger partial charge is 0.228 e. The first-order chi connectivity index (χ1) is 14.8. The Morgan fingerprint density at radius 1 is 0.871 bits per heavy atom. The molecule has 0 saturated heterocycles. The van der Waals surface area contributed by atoms with Crippen molar-refractivity contribution < 1.29 is 13.2 Å². The minimum absolute atomic E-state index is 0.0336. The number of halogens is 4. The molecular formula is C22H13ClF3N5. The van der Waals surface area contributed by atoms with Crippen molar-refractivity contribution in [3.8, 4) is 22.6 Å². The predicted octanol–water partition coefficient (Wildman–Crippen LogP) is 5.99. The number of benzene rings is 2. The lowest BCUT2D eigenvalue weighted by molar-refractivity contribution is -0.136.